The summed E-state index contributed by atoms with van der Waals surface area (Å²) in [5, 5.41) is 8.97. The molecule has 1 aliphatic rings. The minimum atomic E-state index is -0.429. The fourth-order valence-corrected chi connectivity index (χ4v) is 4.95. The third kappa shape index (κ3) is 3.89. The molecule has 1 fully saturated rings. The summed E-state index contributed by atoms with van der Waals surface area (Å²) < 4.78 is 5.19. The minimum Gasteiger partial charge on any atom is -0.361 e. The van der Waals surface area contributed by atoms with Crippen molar-refractivity contribution < 1.29 is 14.1 Å². The maximum Gasteiger partial charge on any atom is 0.228 e. The van der Waals surface area contributed by atoms with Crippen LogP contribution in [0.25, 0.3) is 0 Å². The Morgan fingerprint density at radius 2 is 2.00 bits per heavy atom. The van der Waals surface area contributed by atoms with E-state index in [1.54, 1.807) is 16.2 Å². The van der Waals surface area contributed by atoms with Crippen molar-refractivity contribution >= 4 is 28.8 Å². The quantitative estimate of drug-likeness (QED) is 0.647. The Balaban J connectivity index is 1.53. The van der Waals surface area contributed by atoms with E-state index in [1.165, 1.54) is 0 Å². The number of hydrogen-bond donors (Lipinski definition) is 1. The van der Waals surface area contributed by atoms with E-state index in [9.17, 15) is 9.59 Å². The molecule has 156 valence electrons. The zero-order chi connectivity index (χ0) is 21.3. The van der Waals surface area contributed by atoms with Gasteiger partial charge < -0.3 is 14.7 Å². The Labute approximate surface area is 179 Å². The summed E-state index contributed by atoms with van der Waals surface area (Å²) >= 11 is 1.58. The fourth-order valence-electron chi connectivity index (χ4n) is 4.06. The minimum absolute atomic E-state index is 0.0249. The summed E-state index contributed by atoms with van der Waals surface area (Å²) in [5.74, 6) is 0.230. The fraction of sp³-hybridized carbons (Fsp3) is 0.348. The van der Waals surface area contributed by atoms with E-state index in [4.69, 9.17) is 4.52 Å². The average Bonchev–Trinajstić information content (AvgIpc) is 3.44. The van der Waals surface area contributed by atoms with Crippen molar-refractivity contribution in [3.05, 3.63) is 69.2 Å². The highest BCUT2D eigenvalue weighted by Crippen LogP contribution is 2.43. The van der Waals surface area contributed by atoms with Gasteiger partial charge in [0.2, 0.25) is 11.8 Å². The number of rotatable bonds is 6. The van der Waals surface area contributed by atoms with Crippen molar-refractivity contribution in [2.24, 2.45) is 5.92 Å². The molecule has 1 aromatic carbocycles. The van der Waals surface area contributed by atoms with Gasteiger partial charge in [-0.25, -0.2) is 0 Å². The zero-order valence-corrected chi connectivity index (χ0v) is 18.2. The van der Waals surface area contributed by atoms with Gasteiger partial charge in [0.05, 0.1) is 17.7 Å². The molecule has 30 heavy (non-hydrogen) atoms. The SMILES string of the molecule is Cc1ccc(N2C(=O)CC(C(=O)NCCc3c(C)noc3C)C2c2cccs2)cc1. The van der Waals surface area contributed by atoms with Crippen LogP contribution in [0.2, 0.25) is 0 Å². The number of hydrogen-bond acceptors (Lipinski definition) is 5. The van der Waals surface area contributed by atoms with Crippen molar-refractivity contribution in [1.29, 1.82) is 0 Å². The lowest BCUT2D eigenvalue weighted by Crippen LogP contribution is -2.36. The van der Waals surface area contributed by atoms with Crippen LogP contribution in [-0.2, 0) is 16.0 Å². The Morgan fingerprint density at radius 1 is 1.23 bits per heavy atom. The third-order valence-electron chi connectivity index (χ3n) is 5.66. The molecule has 7 heteroatoms. The summed E-state index contributed by atoms with van der Waals surface area (Å²) in [6.07, 6.45) is 0.854. The van der Waals surface area contributed by atoms with E-state index in [2.05, 4.69) is 10.5 Å². The molecule has 3 heterocycles. The van der Waals surface area contributed by atoms with E-state index in [0.29, 0.717) is 13.0 Å². The Hall–Kier alpha value is -2.93. The van der Waals surface area contributed by atoms with Gasteiger partial charge in [0.1, 0.15) is 5.76 Å². The normalized spacial score (nSPS) is 18.8. The first kappa shape index (κ1) is 20.3. The first-order valence-corrected chi connectivity index (χ1v) is 10.9. The lowest BCUT2D eigenvalue weighted by Gasteiger charge is -2.27. The van der Waals surface area contributed by atoms with Crippen LogP contribution in [-0.4, -0.2) is 23.5 Å². The number of carbonyl (C=O) groups excluding carboxylic acids is 2. The highest BCUT2D eigenvalue weighted by Gasteiger charge is 2.45. The first-order chi connectivity index (χ1) is 14.5. The van der Waals surface area contributed by atoms with Crippen LogP contribution in [0.5, 0.6) is 0 Å². The second-order valence-electron chi connectivity index (χ2n) is 7.71. The van der Waals surface area contributed by atoms with Crippen LogP contribution >= 0.6 is 11.3 Å². The van der Waals surface area contributed by atoms with Gasteiger partial charge in [-0.3, -0.25) is 9.59 Å². The number of benzene rings is 1. The summed E-state index contributed by atoms with van der Waals surface area (Å²) in [6, 6.07) is 11.6. The summed E-state index contributed by atoms with van der Waals surface area (Å²) in [4.78, 5) is 28.9. The number of aromatic nitrogens is 1. The van der Waals surface area contributed by atoms with E-state index in [-0.39, 0.29) is 24.3 Å². The molecule has 6 nitrogen and oxygen atoms in total. The van der Waals surface area contributed by atoms with Gasteiger partial charge >= 0.3 is 0 Å². The number of aryl methyl sites for hydroxylation is 3. The number of nitrogens with one attached hydrogen (secondary N) is 1. The molecular weight excluding hydrogens is 398 g/mol. The molecule has 0 radical (unpaired) electrons. The number of thiophene rings is 1. The monoisotopic (exact) mass is 423 g/mol. The van der Waals surface area contributed by atoms with Crippen LogP contribution in [0, 0.1) is 26.7 Å². The highest BCUT2D eigenvalue weighted by molar-refractivity contribution is 7.10. The maximum absolute atomic E-state index is 13.1. The van der Waals surface area contributed by atoms with Crippen LogP contribution < -0.4 is 10.2 Å². The zero-order valence-electron chi connectivity index (χ0n) is 17.3. The molecule has 2 amide bonds. The van der Waals surface area contributed by atoms with E-state index in [1.807, 2.05) is 62.5 Å². The van der Waals surface area contributed by atoms with Gasteiger partial charge in [0.15, 0.2) is 0 Å². The molecule has 2 aromatic heterocycles. The summed E-state index contributed by atoms with van der Waals surface area (Å²) in [6.45, 7) is 6.27. The number of carbonyl (C=O) groups is 2. The van der Waals surface area contributed by atoms with E-state index < -0.39 is 5.92 Å². The molecule has 1 saturated heterocycles. The molecular formula is C23H25N3O3S. The largest absolute Gasteiger partial charge is 0.361 e. The number of amides is 2. The van der Waals surface area contributed by atoms with Crippen LogP contribution in [0.3, 0.4) is 0 Å². The van der Waals surface area contributed by atoms with Crippen molar-refractivity contribution in [1.82, 2.24) is 10.5 Å². The Morgan fingerprint density at radius 3 is 2.63 bits per heavy atom. The highest BCUT2D eigenvalue weighted by atomic mass is 32.1. The number of anilines is 1. The lowest BCUT2D eigenvalue weighted by molar-refractivity contribution is -0.126. The molecule has 0 saturated carbocycles. The summed E-state index contributed by atoms with van der Waals surface area (Å²) in [7, 11) is 0. The maximum atomic E-state index is 13.1. The molecule has 4 rings (SSSR count). The van der Waals surface area contributed by atoms with Gasteiger partial charge in [-0.15, -0.1) is 11.3 Å². The Kier molecular flexibility index (Phi) is 5.72. The predicted molar refractivity (Wildman–Crippen MR) is 117 cm³/mol. The van der Waals surface area contributed by atoms with Crippen molar-refractivity contribution in [2.75, 3.05) is 11.4 Å². The van der Waals surface area contributed by atoms with Crippen LogP contribution in [0.1, 0.15) is 39.9 Å². The topological polar surface area (TPSA) is 75.4 Å². The summed E-state index contributed by atoms with van der Waals surface area (Å²) in [5.41, 5.74) is 3.83. The van der Waals surface area contributed by atoms with Gasteiger partial charge in [0, 0.05) is 29.1 Å². The van der Waals surface area contributed by atoms with Crippen molar-refractivity contribution in [2.45, 2.75) is 39.7 Å². The van der Waals surface area contributed by atoms with Gasteiger partial charge in [-0.2, -0.15) is 0 Å². The smallest absolute Gasteiger partial charge is 0.228 e. The molecule has 3 aromatic rings. The van der Waals surface area contributed by atoms with Gasteiger partial charge in [0.25, 0.3) is 0 Å². The first-order valence-electron chi connectivity index (χ1n) is 10.1. The van der Waals surface area contributed by atoms with Crippen molar-refractivity contribution in [3.8, 4) is 0 Å². The standard InChI is InChI=1S/C23H25N3O3S/c1-14-6-8-17(9-7-14)26-21(27)13-19(22(26)20-5-4-12-30-20)23(28)24-11-10-18-15(2)25-29-16(18)3/h4-9,12,19,22H,10-11,13H2,1-3H3,(H,24,28). The van der Waals surface area contributed by atoms with Crippen molar-refractivity contribution in [3.63, 3.8) is 0 Å². The van der Waals surface area contributed by atoms with E-state index >= 15 is 0 Å². The second-order valence-corrected chi connectivity index (χ2v) is 8.69. The molecule has 2 atom stereocenters. The van der Waals surface area contributed by atoms with Gasteiger partial charge in [-0.05, 0) is 50.8 Å². The number of nitrogens with zero attached hydrogens (tertiary/aromatic N) is 2. The molecule has 0 spiro atoms. The lowest BCUT2D eigenvalue weighted by atomic mass is 9.97. The van der Waals surface area contributed by atoms with Crippen LogP contribution in [0.15, 0.2) is 46.3 Å². The van der Waals surface area contributed by atoms with E-state index in [0.717, 1.165) is 33.1 Å². The molecule has 0 aliphatic carbocycles. The molecule has 2 unspecified atom stereocenters. The second kappa shape index (κ2) is 8.44. The third-order valence-corrected chi connectivity index (χ3v) is 6.60. The molecule has 0 bridgehead atoms. The molecule has 1 N–H and O–H groups in total. The molecule has 1 aliphatic heterocycles. The van der Waals surface area contributed by atoms with Gasteiger partial charge in [-0.1, -0.05) is 28.9 Å². The Bertz CT molecular complexity index is 1020. The average molecular weight is 424 g/mol. The van der Waals surface area contributed by atoms with Crippen LogP contribution in [0.4, 0.5) is 5.69 Å². The predicted octanol–water partition coefficient (Wildman–Crippen LogP) is 4.11.